The van der Waals surface area contributed by atoms with E-state index in [4.69, 9.17) is 20.4 Å². The standard InChI is InChI=1S/2C6H12O2.4C6H12.2CH4.O2/c2*7-8-6-4-2-1-3-5-6;4*1-2-4-6-5-3-1;;;1-2/h2*6-7H,1-5H2;4*1-6H2;2*1H4;. The van der Waals surface area contributed by atoms with Crippen LogP contribution in [-0.4, -0.2) is 22.7 Å². The fourth-order valence-corrected chi connectivity index (χ4v) is 6.58. The Balaban J connectivity index is -0.000000451. The van der Waals surface area contributed by atoms with Crippen LogP contribution in [0, 0.1) is 9.93 Å². The molecule has 0 aromatic heterocycles. The van der Waals surface area contributed by atoms with Crippen LogP contribution in [0.5, 0.6) is 0 Å². The number of rotatable bonds is 2. The van der Waals surface area contributed by atoms with E-state index in [1.165, 1.54) is 193 Å². The van der Waals surface area contributed by atoms with Crippen LogP contribution in [0.25, 0.3) is 0 Å². The Morgan fingerprint density at radius 2 is 0.386 bits per heavy atom. The van der Waals surface area contributed by atoms with Gasteiger partial charge in [0.1, 0.15) is 0 Å². The Morgan fingerprint density at radius 1 is 0.273 bits per heavy atom. The Hall–Kier alpha value is -0.560. The second-order valence-corrected chi connectivity index (χ2v) is 13.2. The summed E-state index contributed by atoms with van der Waals surface area (Å²) in [5, 5.41) is 16.4. The van der Waals surface area contributed by atoms with Gasteiger partial charge in [0.25, 0.3) is 0 Å². The quantitative estimate of drug-likeness (QED) is 0.232. The Bertz CT molecular complexity index is 352. The summed E-state index contributed by atoms with van der Waals surface area (Å²) < 4.78 is 0. The lowest BCUT2D eigenvalue weighted by atomic mass is 9.98. The van der Waals surface area contributed by atoms with Gasteiger partial charge in [0.15, 0.2) is 0 Å². The zero-order valence-corrected chi connectivity index (χ0v) is 27.7. The molecule has 0 amide bonds. The molecule has 0 spiro atoms. The van der Waals surface area contributed by atoms with Gasteiger partial charge in [0.2, 0.25) is 0 Å². The van der Waals surface area contributed by atoms with Gasteiger partial charge in [0.05, 0.1) is 12.2 Å². The topological polar surface area (TPSA) is 93.1 Å². The molecule has 2 N–H and O–H groups in total. The Kier molecular flexibility index (Phi) is 46.1. The van der Waals surface area contributed by atoms with E-state index in [2.05, 4.69) is 9.78 Å². The third kappa shape index (κ3) is 35.9. The smallest absolute Gasteiger partial charge is 0.0927 e. The monoisotopic (exact) mass is 633 g/mol. The largest absolute Gasteiger partial charge is 0.252 e. The van der Waals surface area contributed by atoms with Gasteiger partial charge in [-0.25, -0.2) is 9.78 Å². The van der Waals surface area contributed by atoms with Crippen molar-refractivity contribution in [2.45, 2.75) is 245 Å². The molecule has 268 valence electrons. The Morgan fingerprint density at radius 3 is 0.477 bits per heavy atom. The van der Waals surface area contributed by atoms with Crippen molar-refractivity contribution in [3.05, 3.63) is 9.93 Å². The molecule has 0 atom stereocenters. The minimum Gasteiger partial charge on any atom is -0.252 e. The summed E-state index contributed by atoms with van der Waals surface area (Å²) in [5.74, 6) is 0. The van der Waals surface area contributed by atoms with Crippen molar-refractivity contribution in [3.8, 4) is 0 Å². The minimum absolute atomic E-state index is 0. The first-order chi connectivity index (χ1) is 20.9. The number of hydrogen-bond donors (Lipinski definition) is 2. The highest BCUT2D eigenvalue weighted by molar-refractivity contribution is 4.63. The lowest BCUT2D eigenvalue weighted by Crippen LogP contribution is -2.14. The van der Waals surface area contributed by atoms with E-state index in [1.54, 1.807) is 0 Å². The van der Waals surface area contributed by atoms with Crippen molar-refractivity contribution in [1.82, 2.24) is 0 Å². The molecule has 44 heavy (non-hydrogen) atoms. The van der Waals surface area contributed by atoms with Crippen LogP contribution >= 0.6 is 0 Å². The van der Waals surface area contributed by atoms with Crippen LogP contribution in [0.2, 0.25) is 0 Å². The molecule has 6 fully saturated rings. The zero-order chi connectivity index (χ0) is 30.6. The predicted octanol–water partition coefficient (Wildman–Crippen LogP) is 14.3. The van der Waals surface area contributed by atoms with Gasteiger partial charge in [-0.1, -0.05) is 207 Å². The van der Waals surface area contributed by atoms with E-state index in [-0.39, 0.29) is 27.1 Å². The fraction of sp³-hybridized carbons (Fsp3) is 1.00. The summed E-state index contributed by atoms with van der Waals surface area (Å²) in [4.78, 5) is 22.4. The highest BCUT2D eigenvalue weighted by Gasteiger charge is 2.13. The maximum atomic E-state index is 8.19. The first kappa shape index (κ1) is 47.8. The minimum atomic E-state index is 0. The normalized spacial score (nSPS) is 21.8. The summed E-state index contributed by atoms with van der Waals surface area (Å²) in [6, 6.07) is 0. The maximum absolute atomic E-state index is 8.19. The third-order valence-electron chi connectivity index (χ3n) is 9.40. The molecule has 6 saturated carbocycles. The van der Waals surface area contributed by atoms with E-state index in [0.717, 1.165) is 25.7 Å². The van der Waals surface area contributed by atoms with Gasteiger partial charge in [-0.05, 0) is 25.7 Å². The van der Waals surface area contributed by atoms with E-state index < -0.39 is 0 Å². The molecule has 0 saturated heterocycles. The van der Waals surface area contributed by atoms with Crippen molar-refractivity contribution >= 4 is 0 Å². The molecule has 6 nitrogen and oxygen atoms in total. The first-order valence-electron chi connectivity index (χ1n) is 18.6. The lowest BCUT2D eigenvalue weighted by Gasteiger charge is -2.17. The van der Waals surface area contributed by atoms with Crippen molar-refractivity contribution in [1.29, 1.82) is 0 Å². The zero-order valence-electron chi connectivity index (χ0n) is 27.7. The van der Waals surface area contributed by atoms with Crippen LogP contribution in [0.15, 0.2) is 0 Å². The van der Waals surface area contributed by atoms with Crippen molar-refractivity contribution in [2.24, 2.45) is 0 Å². The highest BCUT2D eigenvalue weighted by atomic mass is 17.1. The summed E-state index contributed by atoms with van der Waals surface area (Å²) in [5.41, 5.74) is 0. The SMILES string of the molecule is C.C.C1CCCCC1.C1CCCCC1.C1CCCCC1.C1CCCCC1.O=O.OOC1CCCCC1.OOC1CCCCC1. The van der Waals surface area contributed by atoms with Gasteiger partial charge in [0, 0.05) is 9.93 Å². The molecule has 6 aliphatic rings. The van der Waals surface area contributed by atoms with Crippen molar-refractivity contribution in [2.75, 3.05) is 0 Å². The average molecular weight is 633 g/mol. The molecular weight excluding hydrogens is 552 g/mol. The average Bonchev–Trinajstić information content (AvgIpc) is 3.14. The van der Waals surface area contributed by atoms with Crippen molar-refractivity contribution < 1.29 is 20.3 Å². The highest BCUT2D eigenvalue weighted by Crippen LogP contribution is 2.20. The van der Waals surface area contributed by atoms with Gasteiger partial charge in [-0.3, -0.25) is 10.5 Å². The second kappa shape index (κ2) is 42.4. The van der Waals surface area contributed by atoms with Gasteiger partial charge >= 0.3 is 0 Å². The van der Waals surface area contributed by atoms with Crippen LogP contribution in [0.3, 0.4) is 0 Å². The molecular formula is C38H80O6. The van der Waals surface area contributed by atoms with Crippen LogP contribution in [-0.2, 0) is 9.78 Å². The molecule has 0 aliphatic heterocycles. The maximum Gasteiger partial charge on any atom is 0.0927 e. The molecule has 6 aliphatic carbocycles. The molecule has 0 aromatic rings. The molecule has 0 unspecified atom stereocenters. The van der Waals surface area contributed by atoms with Gasteiger partial charge in [-0.2, -0.15) is 0 Å². The summed E-state index contributed by atoms with van der Waals surface area (Å²) >= 11 is 0. The molecule has 6 heteroatoms. The summed E-state index contributed by atoms with van der Waals surface area (Å²) in [7, 11) is 0. The summed E-state index contributed by atoms with van der Waals surface area (Å²) in [6.07, 6.45) is 47.9. The second-order valence-electron chi connectivity index (χ2n) is 13.2. The van der Waals surface area contributed by atoms with Gasteiger partial charge < -0.3 is 0 Å². The molecule has 6 rings (SSSR count). The van der Waals surface area contributed by atoms with E-state index in [0.29, 0.717) is 0 Å². The van der Waals surface area contributed by atoms with Gasteiger partial charge in [-0.15, -0.1) is 0 Å². The predicted molar refractivity (Wildman–Crippen MR) is 192 cm³/mol. The van der Waals surface area contributed by atoms with Crippen LogP contribution in [0.1, 0.15) is 233 Å². The van der Waals surface area contributed by atoms with E-state index in [9.17, 15) is 0 Å². The number of hydrogen-bond acceptors (Lipinski definition) is 6. The van der Waals surface area contributed by atoms with E-state index in [1.807, 2.05) is 0 Å². The Labute approximate surface area is 275 Å². The fourth-order valence-electron chi connectivity index (χ4n) is 6.58. The van der Waals surface area contributed by atoms with E-state index >= 15 is 0 Å². The lowest BCUT2D eigenvalue weighted by molar-refractivity contribution is -0.283. The molecule has 0 radical (unpaired) electrons. The third-order valence-corrected chi connectivity index (χ3v) is 9.40. The summed E-state index contributed by atoms with van der Waals surface area (Å²) in [6.45, 7) is 0. The van der Waals surface area contributed by atoms with Crippen molar-refractivity contribution in [3.63, 3.8) is 0 Å². The molecule has 0 aromatic carbocycles. The first-order valence-corrected chi connectivity index (χ1v) is 18.6. The van der Waals surface area contributed by atoms with Crippen LogP contribution in [0.4, 0.5) is 0 Å². The van der Waals surface area contributed by atoms with Crippen LogP contribution < -0.4 is 0 Å². The molecule has 0 heterocycles. The molecule has 0 bridgehead atoms.